The van der Waals surface area contributed by atoms with Crippen LogP contribution >= 0.6 is 0 Å². The van der Waals surface area contributed by atoms with Crippen molar-refractivity contribution in [1.29, 1.82) is 0 Å². The highest BCUT2D eigenvalue weighted by Crippen LogP contribution is 2.57. The van der Waals surface area contributed by atoms with E-state index in [0.29, 0.717) is 0 Å². The highest BCUT2D eigenvalue weighted by molar-refractivity contribution is 5.90. The molecule has 8 aromatic rings. The summed E-state index contributed by atoms with van der Waals surface area (Å²) in [5.74, 6) is 0. The van der Waals surface area contributed by atoms with Gasteiger partial charge in [0.05, 0.1) is 5.41 Å². The van der Waals surface area contributed by atoms with Crippen LogP contribution in [0.3, 0.4) is 0 Å². The van der Waals surface area contributed by atoms with Gasteiger partial charge in [-0.15, -0.1) is 0 Å². The Morgan fingerprint density at radius 3 is 1.51 bits per heavy atom. The molecule has 0 fully saturated rings. The molecule has 0 saturated heterocycles. The van der Waals surface area contributed by atoms with Gasteiger partial charge in [0.25, 0.3) is 0 Å². The van der Waals surface area contributed by atoms with E-state index in [9.17, 15) is 0 Å². The fourth-order valence-electron chi connectivity index (χ4n) is 9.30. The number of nitrogens with zero attached hydrogens (tertiary/aromatic N) is 1. The molecule has 0 spiro atoms. The topological polar surface area (TPSA) is 3.24 Å². The first kappa shape index (κ1) is 31.3. The molecule has 1 nitrogen and oxygen atoms in total. The Hall–Kier alpha value is -6.44. The zero-order valence-electron chi connectivity index (χ0n) is 30.0. The molecule has 0 saturated carbocycles. The van der Waals surface area contributed by atoms with Gasteiger partial charge in [0, 0.05) is 22.5 Å². The van der Waals surface area contributed by atoms with Crippen molar-refractivity contribution in [3.63, 3.8) is 0 Å². The van der Waals surface area contributed by atoms with Crippen molar-refractivity contribution in [1.82, 2.24) is 0 Å². The normalized spacial score (nSPS) is 14.2. The highest BCUT2D eigenvalue weighted by atomic mass is 15.1. The van der Waals surface area contributed by atoms with Crippen molar-refractivity contribution in [2.45, 2.75) is 24.7 Å². The molecule has 0 bridgehead atoms. The molecule has 0 aliphatic heterocycles. The van der Waals surface area contributed by atoms with Crippen LogP contribution in [0, 0.1) is 0 Å². The second-order valence-electron chi connectivity index (χ2n) is 14.9. The zero-order valence-corrected chi connectivity index (χ0v) is 30.0. The number of hydrogen-bond acceptors (Lipinski definition) is 1. The van der Waals surface area contributed by atoms with E-state index in [1.807, 2.05) is 0 Å². The zero-order chi connectivity index (χ0) is 35.6. The van der Waals surface area contributed by atoms with Crippen LogP contribution in [0.2, 0.25) is 0 Å². The summed E-state index contributed by atoms with van der Waals surface area (Å²) in [6.45, 7) is 4.71. The Balaban J connectivity index is 1.16. The van der Waals surface area contributed by atoms with Gasteiger partial charge < -0.3 is 4.90 Å². The summed E-state index contributed by atoms with van der Waals surface area (Å²) in [5.41, 5.74) is 18.5. The van der Waals surface area contributed by atoms with Crippen LogP contribution in [-0.4, -0.2) is 0 Å². The molecule has 0 amide bonds. The van der Waals surface area contributed by atoms with Crippen LogP contribution in [0.4, 0.5) is 17.1 Å². The molecular formula is C52H39N. The lowest BCUT2D eigenvalue weighted by Crippen LogP contribution is -2.28. The Labute approximate surface area is 312 Å². The van der Waals surface area contributed by atoms with Crippen molar-refractivity contribution < 1.29 is 0 Å². The van der Waals surface area contributed by atoms with E-state index in [4.69, 9.17) is 0 Å². The second kappa shape index (κ2) is 12.1. The fourth-order valence-corrected chi connectivity index (χ4v) is 9.30. The lowest BCUT2D eigenvalue weighted by atomic mass is 9.67. The summed E-state index contributed by atoms with van der Waals surface area (Å²) in [6, 6.07) is 73.9. The quantitative estimate of drug-likeness (QED) is 0.169. The predicted octanol–water partition coefficient (Wildman–Crippen LogP) is 13.5. The van der Waals surface area contributed by atoms with Gasteiger partial charge in [-0.1, -0.05) is 172 Å². The maximum Gasteiger partial charge on any atom is 0.0714 e. The Morgan fingerprint density at radius 2 is 0.811 bits per heavy atom. The minimum absolute atomic E-state index is 0.0539. The molecular weight excluding hydrogens is 639 g/mol. The van der Waals surface area contributed by atoms with Gasteiger partial charge in [-0.2, -0.15) is 0 Å². The smallest absolute Gasteiger partial charge is 0.0714 e. The molecule has 2 aliphatic carbocycles. The maximum atomic E-state index is 2.45. The highest BCUT2D eigenvalue weighted by Gasteiger charge is 2.46. The van der Waals surface area contributed by atoms with Crippen LogP contribution in [-0.2, 0) is 10.8 Å². The third kappa shape index (κ3) is 4.70. The van der Waals surface area contributed by atoms with Crippen LogP contribution < -0.4 is 4.90 Å². The van der Waals surface area contributed by atoms with Gasteiger partial charge in [-0.05, 0) is 109 Å². The third-order valence-corrected chi connectivity index (χ3v) is 11.7. The first-order chi connectivity index (χ1) is 26.0. The summed E-state index contributed by atoms with van der Waals surface area (Å²) >= 11 is 0. The number of hydrogen-bond donors (Lipinski definition) is 0. The van der Waals surface area contributed by atoms with E-state index < -0.39 is 5.41 Å². The molecule has 8 aromatic carbocycles. The molecule has 0 N–H and O–H groups in total. The molecule has 53 heavy (non-hydrogen) atoms. The Morgan fingerprint density at radius 1 is 0.321 bits per heavy atom. The third-order valence-electron chi connectivity index (χ3n) is 11.7. The Bertz CT molecular complexity index is 2600. The van der Waals surface area contributed by atoms with E-state index >= 15 is 0 Å². The lowest BCUT2D eigenvalue weighted by Gasteiger charge is -2.35. The summed E-state index contributed by atoms with van der Waals surface area (Å²) < 4.78 is 0. The number of benzene rings is 8. The van der Waals surface area contributed by atoms with Crippen LogP contribution in [0.15, 0.2) is 200 Å². The fraction of sp³-hybridized carbons (Fsp3) is 0.0769. The van der Waals surface area contributed by atoms with E-state index in [-0.39, 0.29) is 5.41 Å². The molecule has 0 unspecified atom stereocenters. The van der Waals surface area contributed by atoms with Gasteiger partial charge in [0.1, 0.15) is 0 Å². The van der Waals surface area contributed by atoms with Crippen LogP contribution in [0.25, 0.3) is 33.4 Å². The van der Waals surface area contributed by atoms with Crippen molar-refractivity contribution in [3.05, 3.63) is 234 Å². The van der Waals surface area contributed by atoms with E-state index in [0.717, 1.165) is 17.1 Å². The van der Waals surface area contributed by atoms with E-state index in [2.05, 4.69) is 219 Å². The lowest BCUT2D eigenvalue weighted by molar-refractivity contribution is 0.660. The largest absolute Gasteiger partial charge is 0.310 e. The molecule has 0 radical (unpaired) electrons. The SMILES string of the molecule is CC1(C)c2ccccc2-c2ccc(-c3cccc(N(c4ccccc4)c4ccc5c(c4)C(c4ccccc4)(c4ccccc4)c4ccccc4-5)c3)cc21. The summed E-state index contributed by atoms with van der Waals surface area (Å²) in [6.07, 6.45) is 0. The van der Waals surface area contributed by atoms with Crippen LogP contribution in [0.1, 0.15) is 47.2 Å². The van der Waals surface area contributed by atoms with Crippen molar-refractivity contribution in [2.75, 3.05) is 4.90 Å². The number of para-hydroxylation sites is 1. The maximum absolute atomic E-state index is 2.45. The van der Waals surface area contributed by atoms with Gasteiger partial charge in [0.15, 0.2) is 0 Å². The number of rotatable bonds is 6. The van der Waals surface area contributed by atoms with E-state index in [1.165, 1.54) is 66.8 Å². The van der Waals surface area contributed by atoms with E-state index in [1.54, 1.807) is 0 Å². The number of anilines is 3. The van der Waals surface area contributed by atoms with Gasteiger partial charge in [-0.3, -0.25) is 0 Å². The minimum Gasteiger partial charge on any atom is -0.310 e. The van der Waals surface area contributed by atoms with Gasteiger partial charge >= 0.3 is 0 Å². The number of fused-ring (bicyclic) bond motifs is 6. The van der Waals surface area contributed by atoms with Crippen molar-refractivity contribution in [2.24, 2.45) is 0 Å². The van der Waals surface area contributed by atoms with Crippen LogP contribution in [0.5, 0.6) is 0 Å². The standard InChI is InChI=1S/C52H39N/c1-51(2)47-27-14-12-25-43(47)45-31-29-37(34-49(45)51)36-17-16-24-41(33-36)53(40-22-10-5-11-23-40)42-30-32-46-44-26-13-15-28-48(44)52(50(46)35-42,38-18-6-3-7-19-38)39-20-8-4-9-21-39/h3-35H,1-2H3. The first-order valence-electron chi connectivity index (χ1n) is 18.6. The van der Waals surface area contributed by atoms with Gasteiger partial charge in [-0.25, -0.2) is 0 Å². The molecule has 0 atom stereocenters. The average Bonchev–Trinajstić information content (AvgIpc) is 3.64. The molecule has 0 aromatic heterocycles. The minimum atomic E-state index is -0.469. The molecule has 252 valence electrons. The predicted molar refractivity (Wildman–Crippen MR) is 221 cm³/mol. The van der Waals surface area contributed by atoms with Gasteiger partial charge in [0.2, 0.25) is 0 Å². The van der Waals surface area contributed by atoms with Crippen molar-refractivity contribution in [3.8, 4) is 33.4 Å². The average molecular weight is 678 g/mol. The van der Waals surface area contributed by atoms with Crippen molar-refractivity contribution >= 4 is 17.1 Å². The summed E-state index contributed by atoms with van der Waals surface area (Å²) in [7, 11) is 0. The molecule has 1 heteroatoms. The first-order valence-corrected chi connectivity index (χ1v) is 18.6. The molecule has 2 aliphatic rings. The summed E-state index contributed by atoms with van der Waals surface area (Å²) in [4.78, 5) is 2.42. The second-order valence-corrected chi connectivity index (χ2v) is 14.9. The monoisotopic (exact) mass is 677 g/mol. The molecule has 10 rings (SSSR count). The molecule has 0 heterocycles. The summed E-state index contributed by atoms with van der Waals surface area (Å²) in [5, 5.41) is 0. The Kier molecular flexibility index (Phi) is 7.13.